The minimum atomic E-state index is -0.0588. The van der Waals surface area contributed by atoms with Crippen molar-refractivity contribution >= 4 is 40.5 Å². The number of carbonyl (C=O) groups is 1. The Kier molecular flexibility index (Phi) is 5.98. The third-order valence-corrected chi connectivity index (χ3v) is 6.72. The van der Waals surface area contributed by atoms with Crippen molar-refractivity contribution in [3.05, 3.63) is 81.4 Å². The lowest BCUT2D eigenvalue weighted by Gasteiger charge is -2.16. The van der Waals surface area contributed by atoms with E-state index in [1.54, 1.807) is 23.5 Å². The second-order valence-corrected chi connectivity index (χ2v) is 8.52. The van der Waals surface area contributed by atoms with Crippen LogP contribution in [0.3, 0.4) is 0 Å². The fraction of sp³-hybridized carbons (Fsp3) is 0.227. The highest BCUT2D eigenvalue weighted by molar-refractivity contribution is 8.06. The molecule has 142 valence electrons. The van der Waals surface area contributed by atoms with E-state index >= 15 is 0 Å². The van der Waals surface area contributed by atoms with Gasteiger partial charge in [-0.3, -0.25) is 4.79 Å². The number of hydrogen-bond donors (Lipinski definition) is 1. The SMILES string of the molecule is CCCNC(=O)c1ccc2nc3c(nc2c1)CSC1=C(C=CC=CC=C1)SC3. The maximum absolute atomic E-state index is 12.3. The van der Waals surface area contributed by atoms with Crippen LogP contribution in [0.1, 0.15) is 35.1 Å². The quantitative estimate of drug-likeness (QED) is 0.763. The van der Waals surface area contributed by atoms with Gasteiger partial charge in [0.2, 0.25) is 0 Å². The molecule has 4 rings (SSSR count). The Morgan fingerprint density at radius 3 is 2.25 bits per heavy atom. The van der Waals surface area contributed by atoms with Gasteiger partial charge in [-0.2, -0.15) is 0 Å². The van der Waals surface area contributed by atoms with Crippen LogP contribution >= 0.6 is 23.5 Å². The molecule has 1 N–H and O–H groups in total. The zero-order valence-corrected chi connectivity index (χ0v) is 17.3. The predicted octanol–water partition coefficient (Wildman–Crippen LogP) is 5.14. The first-order valence-corrected chi connectivity index (χ1v) is 11.3. The number of hydrogen-bond acceptors (Lipinski definition) is 5. The summed E-state index contributed by atoms with van der Waals surface area (Å²) < 4.78 is 0. The first-order valence-electron chi connectivity index (χ1n) is 9.33. The molecule has 0 unspecified atom stereocenters. The minimum absolute atomic E-state index is 0.0588. The van der Waals surface area contributed by atoms with Gasteiger partial charge in [0.05, 0.1) is 22.4 Å². The standard InChI is InChI=1S/C22H21N3OS2/c1-2-11-23-22(26)15-9-10-16-17(12-15)25-19-14-28-21-8-6-4-3-5-7-20(21)27-13-18(19)24-16/h3-10,12H,2,11,13-14H2,1H3,(H,23,26). The topological polar surface area (TPSA) is 54.9 Å². The van der Waals surface area contributed by atoms with Crippen LogP contribution in [-0.2, 0) is 11.5 Å². The predicted molar refractivity (Wildman–Crippen MR) is 119 cm³/mol. The highest BCUT2D eigenvalue weighted by Crippen LogP contribution is 2.37. The lowest BCUT2D eigenvalue weighted by molar-refractivity contribution is 0.0954. The number of rotatable bonds is 3. The molecule has 0 atom stereocenters. The van der Waals surface area contributed by atoms with E-state index in [4.69, 9.17) is 9.97 Å². The Morgan fingerprint density at radius 2 is 1.61 bits per heavy atom. The van der Waals surface area contributed by atoms with Gasteiger partial charge in [0.25, 0.3) is 5.91 Å². The van der Waals surface area contributed by atoms with Crippen LogP contribution in [0.25, 0.3) is 11.0 Å². The van der Waals surface area contributed by atoms with Gasteiger partial charge in [-0.1, -0.05) is 31.2 Å². The van der Waals surface area contributed by atoms with Crippen molar-refractivity contribution in [1.29, 1.82) is 0 Å². The molecule has 6 heteroatoms. The van der Waals surface area contributed by atoms with E-state index in [2.05, 4.69) is 29.6 Å². The first-order chi connectivity index (χ1) is 13.7. The molecular weight excluding hydrogens is 386 g/mol. The number of carbonyl (C=O) groups excluding carboxylic acids is 1. The van der Waals surface area contributed by atoms with Gasteiger partial charge in [0, 0.05) is 33.4 Å². The van der Waals surface area contributed by atoms with Crippen LogP contribution < -0.4 is 5.32 Å². The molecule has 2 aromatic rings. The molecule has 0 saturated heterocycles. The minimum Gasteiger partial charge on any atom is -0.352 e. The molecule has 1 aromatic carbocycles. The summed E-state index contributed by atoms with van der Waals surface area (Å²) in [5.41, 5.74) is 4.27. The van der Waals surface area contributed by atoms with E-state index < -0.39 is 0 Å². The zero-order chi connectivity index (χ0) is 19.3. The fourth-order valence-corrected chi connectivity index (χ4v) is 5.12. The molecule has 1 aliphatic heterocycles. The van der Waals surface area contributed by atoms with Gasteiger partial charge in [-0.05, 0) is 36.8 Å². The Balaban J connectivity index is 1.64. The number of benzene rings is 1. The van der Waals surface area contributed by atoms with Gasteiger partial charge in [-0.25, -0.2) is 9.97 Å². The molecule has 0 saturated carbocycles. The van der Waals surface area contributed by atoms with E-state index in [9.17, 15) is 4.79 Å². The Bertz CT molecular complexity index is 1040. The van der Waals surface area contributed by atoms with Crippen molar-refractivity contribution in [2.75, 3.05) is 6.54 Å². The number of nitrogens with one attached hydrogen (secondary N) is 1. The van der Waals surface area contributed by atoms with Crippen molar-refractivity contribution in [2.24, 2.45) is 0 Å². The summed E-state index contributed by atoms with van der Waals surface area (Å²) in [4.78, 5) is 24.5. The molecule has 1 aliphatic carbocycles. The van der Waals surface area contributed by atoms with E-state index in [0.29, 0.717) is 12.1 Å². The zero-order valence-electron chi connectivity index (χ0n) is 15.6. The normalized spacial score (nSPS) is 16.0. The number of amides is 1. The first kappa shape index (κ1) is 19.0. The second kappa shape index (κ2) is 8.80. The van der Waals surface area contributed by atoms with Crippen LogP contribution in [0.5, 0.6) is 0 Å². The van der Waals surface area contributed by atoms with Crippen LogP contribution in [-0.4, -0.2) is 22.4 Å². The largest absolute Gasteiger partial charge is 0.352 e. The lowest BCUT2D eigenvalue weighted by Crippen LogP contribution is -2.23. The van der Waals surface area contributed by atoms with Crippen LogP contribution in [0.4, 0.5) is 0 Å². The maximum atomic E-state index is 12.3. The molecule has 0 fully saturated rings. The van der Waals surface area contributed by atoms with Gasteiger partial charge >= 0.3 is 0 Å². The van der Waals surface area contributed by atoms with Gasteiger partial charge in [0.15, 0.2) is 0 Å². The highest BCUT2D eigenvalue weighted by atomic mass is 32.2. The number of aromatic nitrogens is 2. The molecule has 2 aliphatic rings. The molecule has 2 heterocycles. The van der Waals surface area contributed by atoms with Crippen molar-refractivity contribution in [1.82, 2.24) is 15.3 Å². The Morgan fingerprint density at radius 1 is 0.964 bits per heavy atom. The van der Waals surface area contributed by atoms with Crippen molar-refractivity contribution in [3.8, 4) is 0 Å². The molecule has 1 aromatic heterocycles. The van der Waals surface area contributed by atoms with Crippen molar-refractivity contribution in [2.45, 2.75) is 24.9 Å². The maximum Gasteiger partial charge on any atom is 0.251 e. The van der Waals surface area contributed by atoms with Crippen LogP contribution in [0, 0.1) is 0 Å². The Labute approximate surface area is 173 Å². The summed E-state index contributed by atoms with van der Waals surface area (Å²) >= 11 is 3.57. The average molecular weight is 408 g/mol. The molecular formula is C22H21N3OS2. The number of allylic oxidation sites excluding steroid dienone is 6. The number of nitrogens with zero attached hydrogens (tertiary/aromatic N) is 2. The number of thioether (sulfide) groups is 2. The van der Waals surface area contributed by atoms with Crippen LogP contribution in [0.15, 0.2) is 64.5 Å². The molecule has 0 bridgehead atoms. The molecule has 28 heavy (non-hydrogen) atoms. The summed E-state index contributed by atoms with van der Waals surface area (Å²) in [6, 6.07) is 5.57. The van der Waals surface area contributed by atoms with E-state index in [1.165, 1.54) is 9.81 Å². The van der Waals surface area contributed by atoms with Crippen LogP contribution in [0.2, 0.25) is 0 Å². The average Bonchev–Trinajstić information content (AvgIpc) is 2.69. The summed E-state index contributed by atoms with van der Waals surface area (Å²) in [7, 11) is 0. The van der Waals surface area contributed by atoms with Crippen molar-refractivity contribution < 1.29 is 4.79 Å². The summed E-state index contributed by atoms with van der Waals surface area (Å²) in [5, 5.41) is 2.92. The van der Waals surface area contributed by atoms with Crippen molar-refractivity contribution in [3.63, 3.8) is 0 Å². The third-order valence-electron chi connectivity index (χ3n) is 4.42. The molecule has 0 radical (unpaired) electrons. The fourth-order valence-electron chi connectivity index (χ4n) is 2.95. The van der Waals surface area contributed by atoms with Gasteiger partial charge in [-0.15, -0.1) is 23.5 Å². The molecule has 0 spiro atoms. The van der Waals surface area contributed by atoms with E-state index in [-0.39, 0.29) is 5.91 Å². The summed E-state index contributed by atoms with van der Waals surface area (Å²) in [6.07, 6.45) is 13.5. The highest BCUT2D eigenvalue weighted by Gasteiger charge is 2.17. The second-order valence-electron chi connectivity index (χ2n) is 6.49. The Hall–Kier alpha value is -2.31. The smallest absolute Gasteiger partial charge is 0.251 e. The molecule has 1 amide bonds. The monoisotopic (exact) mass is 407 g/mol. The van der Waals surface area contributed by atoms with E-state index in [0.717, 1.165) is 40.3 Å². The number of fused-ring (bicyclic) bond motifs is 2. The summed E-state index contributed by atoms with van der Waals surface area (Å²) in [6.45, 7) is 2.72. The summed E-state index contributed by atoms with van der Waals surface area (Å²) in [5.74, 6) is 1.50. The third kappa shape index (κ3) is 4.23. The molecule has 4 nitrogen and oxygen atoms in total. The lowest BCUT2D eigenvalue weighted by atomic mass is 10.1. The van der Waals surface area contributed by atoms with Gasteiger partial charge < -0.3 is 5.32 Å². The van der Waals surface area contributed by atoms with E-state index in [1.807, 2.05) is 37.3 Å². The van der Waals surface area contributed by atoms with Gasteiger partial charge in [0.1, 0.15) is 0 Å².